The van der Waals surface area contributed by atoms with Gasteiger partial charge in [0.05, 0.1) is 47.5 Å². The molecule has 1 saturated heterocycles. The van der Waals surface area contributed by atoms with Crippen molar-refractivity contribution in [3.63, 3.8) is 0 Å². The van der Waals surface area contributed by atoms with Crippen molar-refractivity contribution in [3.05, 3.63) is 83.4 Å². The minimum atomic E-state index is -2.39. The number of aliphatic hydroxyl groups excluding tert-OH is 1. The van der Waals surface area contributed by atoms with E-state index in [9.17, 15) is 14.7 Å². The fourth-order valence-electron chi connectivity index (χ4n) is 7.77. The molecule has 1 spiro atoms. The van der Waals surface area contributed by atoms with Crippen LogP contribution in [0.4, 0.5) is 5.69 Å². The number of hydrogen-bond acceptors (Lipinski definition) is 6. The van der Waals surface area contributed by atoms with Gasteiger partial charge in [-0.2, -0.15) is 0 Å². The molecular weight excluding hydrogens is 560 g/mol. The van der Waals surface area contributed by atoms with Gasteiger partial charge in [0, 0.05) is 23.7 Å². The number of anilines is 1. The quantitative estimate of drug-likeness (QED) is 0.395. The van der Waals surface area contributed by atoms with E-state index in [4.69, 9.17) is 14.2 Å². The summed E-state index contributed by atoms with van der Waals surface area (Å²) in [4.78, 5) is 29.9. The Morgan fingerprint density at radius 2 is 1.72 bits per heavy atom. The summed E-state index contributed by atoms with van der Waals surface area (Å²) in [6.45, 7) is 7.01. The van der Waals surface area contributed by atoms with Gasteiger partial charge in [-0.25, -0.2) is 0 Å². The molecule has 0 aromatic heterocycles. The zero-order chi connectivity index (χ0) is 30.5. The minimum Gasteiger partial charge on any atom is -0.497 e. The van der Waals surface area contributed by atoms with Crippen LogP contribution in [0.3, 0.4) is 0 Å². The summed E-state index contributed by atoms with van der Waals surface area (Å²) >= 11 is 0. The highest BCUT2D eigenvalue weighted by Crippen LogP contribution is 2.59. The normalized spacial score (nSPS) is 26.2. The van der Waals surface area contributed by atoms with Crippen LogP contribution in [-0.4, -0.2) is 62.9 Å². The lowest BCUT2D eigenvalue weighted by molar-refractivity contribution is -0.149. The standard InChI is InChI=1S/C34H40N2O6Si/c1-21-32(43(4,5)27-13-10-25(40-2)11-14-27)30(42-34(21)28-17-26(41-3)12-15-29(28)35-33(34)39)18-31(38)36-19-23-9-7-6-8-22(23)16-24(36)20-37/h6-15,17,21,24,30,32,37H,16,18-20H2,1-5H3,(H,35,39)/t21-,24+,30+,32-,34+/m1/s1. The van der Waals surface area contributed by atoms with Gasteiger partial charge in [0.15, 0.2) is 5.60 Å². The highest BCUT2D eigenvalue weighted by Gasteiger charge is 2.65. The van der Waals surface area contributed by atoms with Gasteiger partial charge in [0.25, 0.3) is 5.91 Å². The van der Waals surface area contributed by atoms with Crippen molar-refractivity contribution in [2.24, 2.45) is 5.92 Å². The molecule has 0 saturated carbocycles. The maximum Gasteiger partial charge on any atom is 0.261 e. The maximum atomic E-state index is 14.2. The first-order chi connectivity index (χ1) is 20.6. The average Bonchev–Trinajstić information content (AvgIpc) is 3.48. The summed E-state index contributed by atoms with van der Waals surface area (Å²) in [5, 5.41) is 14.5. The van der Waals surface area contributed by atoms with Crippen molar-refractivity contribution < 1.29 is 28.9 Å². The van der Waals surface area contributed by atoms with Crippen LogP contribution in [0, 0.1) is 5.92 Å². The third kappa shape index (κ3) is 4.74. The number of amides is 2. The van der Waals surface area contributed by atoms with Crippen LogP contribution < -0.4 is 20.0 Å². The number of ether oxygens (including phenoxy) is 3. The van der Waals surface area contributed by atoms with E-state index in [1.807, 2.05) is 48.5 Å². The van der Waals surface area contributed by atoms with Crippen LogP contribution in [-0.2, 0) is 32.9 Å². The highest BCUT2D eigenvalue weighted by molar-refractivity contribution is 6.91. The average molecular weight is 601 g/mol. The highest BCUT2D eigenvalue weighted by atomic mass is 28.3. The molecule has 6 rings (SSSR count). The van der Waals surface area contributed by atoms with Gasteiger partial charge in [-0.15, -0.1) is 0 Å². The Labute approximate surface area is 254 Å². The molecule has 0 unspecified atom stereocenters. The molecule has 2 amide bonds. The number of nitrogens with one attached hydrogen (secondary N) is 1. The third-order valence-electron chi connectivity index (χ3n) is 10.1. The molecule has 43 heavy (non-hydrogen) atoms. The lowest BCUT2D eigenvalue weighted by atomic mass is 9.82. The lowest BCUT2D eigenvalue weighted by Gasteiger charge is -2.39. The van der Waals surface area contributed by atoms with Gasteiger partial charge < -0.3 is 29.5 Å². The molecule has 1 fully saturated rings. The first-order valence-electron chi connectivity index (χ1n) is 14.9. The number of rotatable bonds is 7. The number of carbonyl (C=O) groups is 2. The molecule has 5 atom stereocenters. The van der Waals surface area contributed by atoms with Gasteiger partial charge in [0.2, 0.25) is 5.91 Å². The van der Waals surface area contributed by atoms with Crippen LogP contribution in [0.2, 0.25) is 18.6 Å². The summed E-state index contributed by atoms with van der Waals surface area (Å²) in [5.41, 5.74) is 2.40. The third-order valence-corrected chi connectivity index (χ3v) is 14.4. The molecule has 3 aliphatic heterocycles. The predicted octanol–water partition coefficient (Wildman–Crippen LogP) is 4.21. The van der Waals surface area contributed by atoms with Gasteiger partial charge in [-0.1, -0.05) is 61.6 Å². The second kappa shape index (κ2) is 11.1. The fraction of sp³-hybridized carbons (Fsp3) is 0.412. The number of nitrogens with zero attached hydrogens (tertiary/aromatic N) is 1. The molecule has 0 aliphatic carbocycles. The molecular formula is C34H40N2O6Si. The summed E-state index contributed by atoms with van der Waals surface area (Å²) < 4.78 is 17.9. The van der Waals surface area contributed by atoms with Crippen molar-refractivity contribution in [3.8, 4) is 11.5 Å². The molecule has 226 valence electrons. The van der Waals surface area contributed by atoms with E-state index >= 15 is 0 Å². The van der Waals surface area contributed by atoms with E-state index in [1.165, 1.54) is 5.19 Å². The Morgan fingerprint density at radius 1 is 1.05 bits per heavy atom. The van der Waals surface area contributed by atoms with Crippen molar-refractivity contribution in [2.75, 3.05) is 26.1 Å². The van der Waals surface area contributed by atoms with Gasteiger partial charge >= 0.3 is 0 Å². The largest absolute Gasteiger partial charge is 0.497 e. The van der Waals surface area contributed by atoms with Gasteiger partial charge in [-0.05, 0) is 53.4 Å². The van der Waals surface area contributed by atoms with Gasteiger partial charge in [0.1, 0.15) is 11.5 Å². The Hall–Kier alpha value is -3.66. The molecule has 3 aromatic carbocycles. The SMILES string of the molecule is COc1ccc([Si](C)(C)[C@H]2[C@H](CC(=O)N3Cc4ccccc4C[C@H]3CO)O[C@@]3(C(=O)Nc4ccc(OC)cc43)[C@@H]2C)cc1. The van der Waals surface area contributed by atoms with Crippen LogP contribution >= 0.6 is 0 Å². The number of aliphatic hydroxyl groups is 1. The fourth-order valence-corrected chi connectivity index (χ4v) is 11.8. The van der Waals surface area contributed by atoms with E-state index < -0.39 is 19.8 Å². The van der Waals surface area contributed by atoms with E-state index in [0.29, 0.717) is 24.4 Å². The zero-order valence-corrected chi connectivity index (χ0v) is 26.4. The van der Waals surface area contributed by atoms with E-state index in [2.05, 4.69) is 43.5 Å². The second-order valence-corrected chi connectivity index (χ2v) is 17.2. The monoisotopic (exact) mass is 600 g/mol. The number of fused-ring (bicyclic) bond motifs is 3. The first-order valence-corrected chi connectivity index (χ1v) is 18.0. The molecule has 0 bridgehead atoms. The van der Waals surface area contributed by atoms with Crippen LogP contribution in [0.5, 0.6) is 11.5 Å². The molecule has 3 heterocycles. The smallest absolute Gasteiger partial charge is 0.261 e. The first kappa shape index (κ1) is 29.4. The summed E-state index contributed by atoms with van der Waals surface area (Å²) in [6, 6.07) is 21.5. The maximum absolute atomic E-state index is 14.2. The Balaban J connectivity index is 1.40. The second-order valence-electron chi connectivity index (χ2n) is 12.6. The minimum absolute atomic E-state index is 0.0719. The molecule has 0 radical (unpaired) electrons. The molecule has 3 aliphatic rings. The van der Waals surface area contributed by atoms with Crippen molar-refractivity contribution in [1.29, 1.82) is 0 Å². The van der Waals surface area contributed by atoms with E-state index in [-0.39, 0.29) is 42.3 Å². The van der Waals surface area contributed by atoms with E-state index in [0.717, 1.165) is 22.4 Å². The van der Waals surface area contributed by atoms with Crippen LogP contribution in [0.15, 0.2) is 66.7 Å². The number of carbonyl (C=O) groups excluding carboxylic acids is 2. The lowest BCUT2D eigenvalue weighted by Crippen LogP contribution is -2.52. The van der Waals surface area contributed by atoms with Crippen molar-refractivity contribution in [2.45, 2.75) is 62.7 Å². The Kier molecular flexibility index (Phi) is 7.60. The topological polar surface area (TPSA) is 97.3 Å². The van der Waals surface area contributed by atoms with E-state index in [1.54, 1.807) is 19.1 Å². The number of hydrogen-bond donors (Lipinski definition) is 2. The zero-order valence-electron chi connectivity index (χ0n) is 25.4. The van der Waals surface area contributed by atoms with Crippen molar-refractivity contribution in [1.82, 2.24) is 4.90 Å². The summed E-state index contributed by atoms with van der Waals surface area (Å²) in [5.74, 6) is 0.924. The molecule has 9 heteroatoms. The molecule has 2 N–H and O–H groups in total. The van der Waals surface area contributed by atoms with Gasteiger partial charge in [-0.3, -0.25) is 9.59 Å². The Morgan fingerprint density at radius 3 is 2.40 bits per heavy atom. The van der Waals surface area contributed by atoms with Crippen LogP contribution in [0.25, 0.3) is 0 Å². The van der Waals surface area contributed by atoms with Crippen molar-refractivity contribution >= 4 is 30.8 Å². The predicted molar refractivity (Wildman–Crippen MR) is 167 cm³/mol. The number of benzene rings is 3. The molecule has 8 nitrogen and oxygen atoms in total. The summed E-state index contributed by atoms with van der Waals surface area (Å²) in [6.07, 6.45) is 0.218. The molecule has 3 aromatic rings. The summed E-state index contributed by atoms with van der Waals surface area (Å²) in [7, 11) is 0.873. The Bertz CT molecular complexity index is 1540. The number of methoxy groups -OCH3 is 2. The van der Waals surface area contributed by atoms with Crippen LogP contribution in [0.1, 0.15) is 30.0 Å².